The van der Waals surface area contributed by atoms with Gasteiger partial charge in [0.2, 0.25) is 0 Å². The molecule has 0 bridgehead atoms. The molecule has 0 spiro atoms. The number of carbonyl (C=O) groups excluding carboxylic acids is 1. The third-order valence-electron chi connectivity index (χ3n) is 8.17. The van der Waals surface area contributed by atoms with Gasteiger partial charge >= 0.3 is 0 Å². The van der Waals surface area contributed by atoms with Crippen LogP contribution in [0.3, 0.4) is 0 Å². The van der Waals surface area contributed by atoms with Crippen LogP contribution in [0.2, 0.25) is 0 Å². The molecule has 2 unspecified atom stereocenters. The van der Waals surface area contributed by atoms with Gasteiger partial charge in [0.15, 0.2) is 5.67 Å². The first-order valence-electron chi connectivity index (χ1n) is 14.3. The van der Waals surface area contributed by atoms with E-state index in [-0.39, 0.29) is 12.8 Å². The molecule has 0 radical (unpaired) electrons. The van der Waals surface area contributed by atoms with Crippen molar-refractivity contribution in [1.29, 1.82) is 0 Å². The summed E-state index contributed by atoms with van der Waals surface area (Å²) in [5.74, 6) is 0.378. The van der Waals surface area contributed by atoms with Crippen LogP contribution >= 0.6 is 0 Å². The molecule has 0 aromatic heterocycles. The quantitative estimate of drug-likeness (QED) is 0.273. The Labute approximate surface area is 233 Å². The summed E-state index contributed by atoms with van der Waals surface area (Å²) in [6.45, 7) is 11.2. The molecule has 1 heterocycles. The van der Waals surface area contributed by atoms with Crippen LogP contribution in [0.25, 0.3) is 0 Å². The van der Waals surface area contributed by atoms with Gasteiger partial charge in [0.05, 0.1) is 25.5 Å². The number of hydrogen-bond acceptors (Lipinski definition) is 6. The molecule has 39 heavy (non-hydrogen) atoms. The molecular formula is C31H47FN4O3. The van der Waals surface area contributed by atoms with Gasteiger partial charge in [0, 0.05) is 44.1 Å². The summed E-state index contributed by atoms with van der Waals surface area (Å²) >= 11 is 0. The molecule has 2 aliphatic rings. The van der Waals surface area contributed by atoms with Gasteiger partial charge in [-0.25, -0.2) is 9.38 Å². The van der Waals surface area contributed by atoms with Gasteiger partial charge in [-0.15, -0.1) is 0 Å². The topological polar surface area (TPSA) is 89.2 Å². The van der Waals surface area contributed by atoms with E-state index in [1.807, 2.05) is 48.2 Å². The summed E-state index contributed by atoms with van der Waals surface area (Å²) in [6.07, 6.45) is 9.02. The second-order valence-corrected chi connectivity index (χ2v) is 11.0. The number of hydrogen-bond donors (Lipinski definition) is 2. The fraction of sp³-hybridized carbons (Fsp3) is 0.613. The first-order chi connectivity index (χ1) is 18.7. The zero-order valence-corrected chi connectivity index (χ0v) is 24.0. The van der Waals surface area contributed by atoms with Crippen molar-refractivity contribution < 1.29 is 18.7 Å². The Morgan fingerprint density at radius 3 is 2.59 bits per heavy atom. The van der Waals surface area contributed by atoms with Gasteiger partial charge in [-0.05, 0) is 57.2 Å². The van der Waals surface area contributed by atoms with Crippen LogP contribution in [0.5, 0.6) is 0 Å². The van der Waals surface area contributed by atoms with Crippen LogP contribution in [0, 0.1) is 5.92 Å². The second kappa shape index (κ2) is 14.7. The Balaban J connectivity index is 1.60. The predicted molar refractivity (Wildman–Crippen MR) is 155 cm³/mol. The predicted octanol–water partition coefficient (Wildman–Crippen LogP) is 4.90. The fourth-order valence-electron chi connectivity index (χ4n) is 5.62. The second-order valence-electron chi connectivity index (χ2n) is 11.0. The average Bonchev–Trinajstić information content (AvgIpc) is 2.93. The third-order valence-corrected chi connectivity index (χ3v) is 8.17. The van der Waals surface area contributed by atoms with Crippen LogP contribution in [0.15, 0.2) is 53.8 Å². The number of carbonyl (C=O) groups is 1. The number of amides is 1. The van der Waals surface area contributed by atoms with E-state index < -0.39 is 17.1 Å². The summed E-state index contributed by atoms with van der Waals surface area (Å²) in [4.78, 5) is 19.9. The lowest BCUT2D eigenvalue weighted by atomic mass is 9.72. The first kappa shape index (κ1) is 31.0. The van der Waals surface area contributed by atoms with Crippen LogP contribution < -0.4 is 11.1 Å². The van der Waals surface area contributed by atoms with Gasteiger partial charge in [-0.3, -0.25) is 4.79 Å². The SMILES string of the molecule is C=C(/N=C(\C=C/C)c1ccc(COCCOC)cc1)N1CCC(F)(C(=O)NC2(C)CCCCC2CCN)CC1. The van der Waals surface area contributed by atoms with Crippen molar-refractivity contribution >= 4 is 11.6 Å². The van der Waals surface area contributed by atoms with E-state index in [1.165, 1.54) is 0 Å². The van der Waals surface area contributed by atoms with Gasteiger partial charge in [-0.1, -0.05) is 49.8 Å². The summed E-state index contributed by atoms with van der Waals surface area (Å²) in [5.41, 5.74) is 6.34. The molecule has 3 rings (SSSR count). The van der Waals surface area contributed by atoms with E-state index in [0.717, 1.165) is 48.9 Å². The Morgan fingerprint density at radius 1 is 1.23 bits per heavy atom. The number of nitrogens with zero attached hydrogens (tertiary/aromatic N) is 2. The van der Waals surface area contributed by atoms with Crippen molar-refractivity contribution in [3.8, 4) is 0 Å². The summed E-state index contributed by atoms with van der Waals surface area (Å²) in [5, 5.41) is 3.12. The smallest absolute Gasteiger partial charge is 0.258 e. The third kappa shape index (κ3) is 8.47. The lowest BCUT2D eigenvalue weighted by molar-refractivity contribution is -0.139. The zero-order valence-electron chi connectivity index (χ0n) is 24.0. The average molecular weight is 543 g/mol. The molecule has 1 aliphatic carbocycles. The van der Waals surface area contributed by atoms with Crippen molar-refractivity contribution in [2.45, 2.75) is 76.6 Å². The largest absolute Gasteiger partial charge is 0.382 e. The van der Waals surface area contributed by atoms with Gasteiger partial charge < -0.3 is 25.4 Å². The van der Waals surface area contributed by atoms with Gasteiger partial charge in [0.25, 0.3) is 5.91 Å². The number of likely N-dealkylation sites (tertiary alicyclic amines) is 1. The number of nitrogens with two attached hydrogens (primary N) is 1. The number of halogens is 1. The maximum absolute atomic E-state index is 15.9. The maximum Gasteiger partial charge on any atom is 0.258 e. The number of aliphatic imine (C=N–C) groups is 1. The fourth-order valence-corrected chi connectivity index (χ4v) is 5.62. The lowest BCUT2D eigenvalue weighted by Crippen LogP contribution is -2.60. The number of ether oxygens (including phenoxy) is 2. The Kier molecular flexibility index (Phi) is 11.7. The van der Waals surface area contributed by atoms with Crippen molar-refractivity contribution in [3.63, 3.8) is 0 Å². The molecule has 1 saturated heterocycles. The van der Waals surface area contributed by atoms with E-state index in [0.29, 0.717) is 51.2 Å². The number of allylic oxidation sites excluding steroid dienone is 2. The number of rotatable bonds is 13. The van der Waals surface area contributed by atoms with E-state index in [1.54, 1.807) is 7.11 Å². The van der Waals surface area contributed by atoms with Crippen LogP contribution in [0.4, 0.5) is 4.39 Å². The molecule has 216 valence electrons. The minimum Gasteiger partial charge on any atom is -0.382 e. The molecule has 3 N–H and O–H groups in total. The Bertz CT molecular complexity index is 1000. The number of alkyl halides is 1. The van der Waals surface area contributed by atoms with Crippen molar-refractivity contribution in [2.24, 2.45) is 16.6 Å². The van der Waals surface area contributed by atoms with Crippen LogP contribution in [-0.2, 0) is 20.9 Å². The normalized spacial score (nSPS) is 23.7. The van der Waals surface area contributed by atoms with Gasteiger partial charge in [-0.2, -0.15) is 0 Å². The highest BCUT2D eigenvalue weighted by Crippen LogP contribution is 2.37. The summed E-state index contributed by atoms with van der Waals surface area (Å²) in [7, 11) is 1.65. The van der Waals surface area contributed by atoms with Crippen molar-refractivity contribution in [2.75, 3.05) is 40.0 Å². The highest BCUT2D eigenvalue weighted by atomic mass is 19.1. The zero-order chi connectivity index (χ0) is 28.3. The highest BCUT2D eigenvalue weighted by Gasteiger charge is 2.46. The number of piperidine rings is 1. The van der Waals surface area contributed by atoms with Gasteiger partial charge in [0.1, 0.15) is 5.82 Å². The van der Waals surface area contributed by atoms with Crippen molar-refractivity contribution in [1.82, 2.24) is 10.2 Å². The van der Waals surface area contributed by atoms with E-state index in [9.17, 15) is 4.79 Å². The monoisotopic (exact) mass is 542 g/mol. The molecule has 2 atom stereocenters. The Hall–Kier alpha value is -2.55. The van der Waals surface area contributed by atoms with Crippen molar-refractivity contribution in [3.05, 3.63) is 59.9 Å². The highest BCUT2D eigenvalue weighted by molar-refractivity contribution is 6.09. The minimum absolute atomic E-state index is 0.113. The van der Waals surface area contributed by atoms with Crippen LogP contribution in [-0.4, -0.2) is 67.7 Å². The molecule has 1 saturated carbocycles. The molecule has 1 aliphatic heterocycles. The number of benzene rings is 1. The molecule has 1 amide bonds. The standard InChI is InChI=1S/C31H47FN4O3/c1-5-8-28(26-12-10-25(11-13-26)23-39-22-21-38-4)34-24(2)36-19-16-31(32,17-20-36)29(37)35-30(3)15-7-6-9-27(30)14-18-33/h5,8,10-13,27H,2,6-7,9,14-23,33H2,1,3-4H3,(H,35,37)/b8-5-,34-28+. The Morgan fingerprint density at radius 2 is 1.95 bits per heavy atom. The van der Waals surface area contributed by atoms with E-state index in [4.69, 9.17) is 20.2 Å². The van der Waals surface area contributed by atoms with E-state index in [2.05, 4.69) is 18.8 Å². The first-order valence-corrected chi connectivity index (χ1v) is 14.3. The molecule has 7 nitrogen and oxygen atoms in total. The minimum atomic E-state index is -1.89. The molecule has 1 aromatic carbocycles. The maximum atomic E-state index is 15.9. The molecule has 1 aromatic rings. The lowest BCUT2D eigenvalue weighted by Gasteiger charge is -2.44. The summed E-state index contributed by atoms with van der Waals surface area (Å²) < 4.78 is 26.5. The summed E-state index contributed by atoms with van der Waals surface area (Å²) in [6, 6.07) is 8.06. The van der Waals surface area contributed by atoms with E-state index >= 15 is 4.39 Å². The number of nitrogens with one attached hydrogen (secondary N) is 1. The molecule has 2 fully saturated rings. The van der Waals surface area contributed by atoms with Crippen LogP contribution in [0.1, 0.15) is 69.9 Å². The molecule has 8 heteroatoms. The molecular weight excluding hydrogens is 495 g/mol. The number of methoxy groups -OCH3 is 1.